The summed E-state index contributed by atoms with van der Waals surface area (Å²) in [5.41, 5.74) is 0. The Labute approximate surface area is 88.0 Å². The molecule has 0 aliphatic carbocycles. The summed E-state index contributed by atoms with van der Waals surface area (Å²) in [7, 11) is 1.45. The summed E-state index contributed by atoms with van der Waals surface area (Å²) in [5.74, 6) is 1.46. The fraction of sp³-hybridized carbons (Fsp3) is 0.917. The Bertz CT molecular complexity index is 152. The first-order valence-electron chi connectivity index (χ1n) is 5.66. The van der Waals surface area contributed by atoms with Crippen molar-refractivity contribution < 1.29 is 9.53 Å². The third-order valence-corrected chi connectivity index (χ3v) is 2.60. The zero-order valence-corrected chi connectivity index (χ0v) is 10.0. The second-order valence-electron chi connectivity index (χ2n) is 4.37. The standard InChI is InChI=1S/C12H24O2/c1-5-11(9-10(2)3)7-6-8-12(13)14-4/h10-11H,5-9H2,1-4H3/t11-/m0/s1. The van der Waals surface area contributed by atoms with E-state index in [1.165, 1.54) is 20.0 Å². The lowest BCUT2D eigenvalue weighted by Gasteiger charge is -2.16. The third-order valence-electron chi connectivity index (χ3n) is 2.60. The highest BCUT2D eigenvalue weighted by molar-refractivity contribution is 5.68. The van der Waals surface area contributed by atoms with Gasteiger partial charge in [0.2, 0.25) is 0 Å². The van der Waals surface area contributed by atoms with Gasteiger partial charge in [0, 0.05) is 6.42 Å². The average molecular weight is 200 g/mol. The molecule has 0 N–H and O–H groups in total. The van der Waals surface area contributed by atoms with Crippen LogP contribution in [-0.4, -0.2) is 13.1 Å². The van der Waals surface area contributed by atoms with E-state index < -0.39 is 0 Å². The van der Waals surface area contributed by atoms with Crippen LogP contribution in [0.15, 0.2) is 0 Å². The second-order valence-corrected chi connectivity index (χ2v) is 4.37. The second kappa shape index (κ2) is 7.84. The molecule has 0 aliphatic heterocycles. The van der Waals surface area contributed by atoms with Crippen molar-refractivity contribution >= 4 is 5.97 Å². The zero-order chi connectivity index (χ0) is 11.0. The number of ether oxygens (including phenoxy) is 1. The van der Waals surface area contributed by atoms with Crippen LogP contribution in [0.1, 0.15) is 52.9 Å². The van der Waals surface area contributed by atoms with Gasteiger partial charge in [0.1, 0.15) is 0 Å². The molecule has 0 aliphatic rings. The van der Waals surface area contributed by atoms with E-state index in [1.54, 1.807) is 0 Å². The number of carbonyl (C=O) groups is 1. The number of hydrogen-bond donors (Lipinski definition) is 0. The molecule has 0 heterocycles. The molecule has 0 amide bonds. The van der Waals surface area contributed by atoms with Crippen molar-refractivity contribution in [3.05, 3.63) is 0 Å². The molecule has 0 aromatic carbocycles. The Balaban J connectivity index is 3.57. The molecule has 0 aromatic rings. The molecular formula is C12H24O2. The minimum Gasteiger partial charge on any atom is -0.469 e. The number of esters is 1. The minimum atomic E-state index is -0.0793. The van der Waals surface area contributed by atoms with E-state index in [1.807, 2.05) is 0 Å². The van der Waals surface area contributed by atoms with Crippen LogP contribution < -0.4 is 0 Å². The van der Waals surface area contributed by atoms with Crippen LogP contribution in [0.3, 0.4) is 0 Å². The van der Waals surface area contributed by atoms with Gasteiger partial charge in [0.05, 0.1) is 7.11 Å². The Hall–Kier alpha value is -0.530. The summed E-state index contributed by atoms with van der Waals surface area (Å²) >= 11 is 0. The largest absolute Gasteiger partial charge is 0.469 e. The van der Waals surface area contributed by atoms with Crippen LogP contribution >= 0.6 is 0 Å². The van der Waals surface area contributed by atoms with Crippen LogP contribution in [0.2, 0.25) is 0 Å². The van der Waals surface area contributed by atoms with E-state index in [4.69, 9.17) is 0 Å². The first-order chi connectivity index (χ1) is 6.60. The van der Waals surface area contributed by atoms with E-state index in [-0.39, 0.29) is 5.97 Å². The van der Waals surface area contributed by atoms with Crippen LogP contribution in [0.5, 0.6) is 0 Å². The van der Waals surface area contributed by atoms with Gasteiger partial charge in [0.15, 0.2) is 0 Å². The van der Waals surface area contributed by atoms with E-state index >= 15 is 0 Å². The summed E-state index contributed by atoms with van der Waals surface area (Å²) in [6.07, 6.45) is 5.20. The summed E-state index contributed by atoms with van der Waals surface area (Å²) < 4.78 is 4.61. The van der Waals surface area contributed by atoms with E-state index in [9.17, 15) is 4.79 Å². The predicted molar refractivity (Wildman–Crippen MR) is 59.1 cm³/mol. The van der Waals surface area contributed by atoms with Gasteiger partial charge in [-0.1, -0.05) is 27.2 Å². The molecule has 0 saturated carbocycles. The highest BCUT2D eigenvalue weighted by Gasteiger charge is 2.09. The van der Waals surface area contributed by atoms with Crippen molar-refractivity contribution in [2.75, 3.05) is 7.11 Å². The Morgan fingerprint density at radius 1 is 1.36 bits per heavy atom. The van der Waals surface area contributed by atoms with Gasteiger partial charge in [-0.3, -0.25) is 4.79 Å². The van der Waals surface area contributed by atoms with Crippen molar-refractivity contribution in [3.63, 3.8) is 0 Å². The van der Waals surface area contributed by atoms with Crippen molar-refractivity contribution in [1.82, 2.24) is 0 Å². The topological polar surface area (TPSA) is 26.3 Å². The molecule has 2 nitrogen and oxygen atoms in total. The van der Waals surface area contributed by atoms with Crippen molar-refractivity contribution in [1.29, 1.82) is 0 Å². The van der Waals surface area contributed by atoms with Crippen molar-refractivity contribution in [3.8, 4) is 0 Å². The molecular weight excluding hydrogens is 176 g/mol. The summed E-state index contributed by atoms with van der Waals surface area (Å²) in [6, 6.07) is 0. The van der Waals surface area contributed by atoms with Crippen LogP contribution in [-0.2, 0) is 9.53 Å². The maximum Gasteiger partial charge on any atom is 0.305 e. The summed E-state index contributed by atoms with van der Waals surface area (Å²) in [4.78, 5) is 10.9. The molecule has 0 spiro atoms. The maximum atomic E-state index is 10.9. The lowest BCUT2D eigenvalue weighted by atomic mass is 9.90. The Morgan fingerprint density at radius 3 is 2.43 bits per heavy atom. The van der Waals surface area contributed by atoms with Gasteiger partial charge in [-0.05, 0) is 31.1 Å². The molecule has 0 radical (unpaired) electrons. The Morgan fingerprint density at radius 2 is 2.00 bits per heavy atom. The normalized spacial score (nSPS) is 12.9. The number of methoxy groups -OCH3 is 1. The molecule has 0 fully saturated rings. The molecule has 0 saturated heterocycles. The van der Waals surface area contributed by atoms with Gasteiger partial charge in [0.25, 0.3) is 0 Å². The van der Waals surface area contributed by atoms with E-state index in [0.29, 0.717) is 6.42 Å². The quantitative estimate of drug-likeness (QED) is 0.589. The van der Waals surface area contributed by atoms with Gasteiger partial charge in [-0.2, -0.15) is 0 Å². The first kappa shape index (κ1) is 13.5. The minimum absolute atomic E-state index is 0.0793. The van der Waals surface area contributed by atoms with Crippen LogP contribution in [0.4, 0.5) is 0 Å². The molecule has 0 bridgehead atoms. The van der Waals surface area contributed by atoms with Gasteiger partial charge in [-0.15, -0.1) is 0 Å². The van der Waals surface area contributed by atoms with Crippen LogP contribution in [0.25, 0.3) is 0 Å². The third kappa shape index (κ3) is 6.93. The molecule has 84 valence electrons. The highest BCUT2D eigenvalue weighted by atomic mass is 16.5. The smallest absolute Gasteiger partial charge is 0.305 e. The fourth-order valence-corrected chi connectivity index (χ4v) is 1.79. The van der Waals surface area contributed by atoms with Crippen molar-refractivity contribution in [2.24, 2.45) is 11.8 Å². The maximum absolute atomic E-state index is 10.9. The van der Waals surface area contributed by atoms with Gasteiger partial charge in [-0.25, -0.2) is 0 Å². The Kier molecular flexibility index (Phi) is 7.54. The molecule has 1 atom stereocenters. The number of carbonyl (C=O) groups excluding carboxylic acids is 1. The summed E-state index contributed by atoms with van der Waals surface area (Å²) in [6.45, 7) is 6.73. The molecule has 0 rings (SSSR count). The lowest BCUT2D eigenvalue weighted by molar-refractivity contribution is -0.140. The predicted octanol–water partition coefficient (Wildman–Crippen LogP) is 3.40. The average Bonchev–Trinajstić information content (AvgIpc) is 2.15. The molecule has 2 heteroatoms. The van der Waals surface area contributed by atoms with Crippen molar-refractivity contribution in [2.45, 2.75) is 52.9 Å². The van der Waals surface area contributed by atoms with E-state index in [2.05, 4.69) is 25.5 Å². The van der Waals surface area contributed by atoms with Gasteiger partial charge >= 0.3 is 5.97 Å². The molecule has 0 aromatic heterocycles. The molecule has 0 unspecified atom stereocenters. The summed E-state index contributed by atoms with van der Waals surface area (Å²) in [5, 5.41) is 0. The number of rotatable bonds is 7. The molecule has 14 heavy (non-hydrogen) atoms. The van der Waals surface area contributed by atoms with E-state index in [0.717, 1.165) is 24.7 Å². The lowest BCUT2D eigenvalue weighted by Crippen LogP contribution is -2.06. The SMILES string of the molecule is CC[C@@H](CCCC(=O)OC)CC(C)C. The number of hydrogen-bond acceptors (Lipinski definition) is 2. The zero-order valence-electron chi connectivity index (χ0n) is 10.0. The van der Waals surface area contributed by atoms with Gasteiger partial charge < -0.3 is 4.74 Å². The highest BCUT2D eigenvalue weighted by Crippen LogP contribution is 2.21. The first-order valence-corrected chi connectivity index (χ1v) is 5.66. The fourth-order valence-electron chi connectivity index (χ4n) is 1.79. The monoisotopic (exact) mass is 200 g/mol. The van der Waals surface area contributed by atoms with Crippen LogP contribution in [0, 0.1) is 11.8 Å².